The third-order valence-electron chi connectivity index (χ3n) is 9.50. The molecular formula is C52H42O6. The molecule has 0 unspecified atom stereocenters. The summed E-state index contributed by atoms with van der Waals surface area (Å²) >= 11 is 0. The zero-order chi connectivity index (χ0) is 40.1. The average Bonchev–Trinajstić information content (AvgIpc) is 3.27. The van der Waals surface area contributed by atoms with Crippen molar-refractivity contribution < 1.29 is 28.9 Å². The summed E-state index contributed by atoms with van der Waals surface area (Å²) in [6, 6.07) is 53.3. The quantitative estimate of drug-likeness (QED) is 0.0780. The Morgan fingerprint density at radius 2 is 0.845 bits per heavy atom. The molecule has 7 aromatic carbocycles. The van der Waals surface area contributed by atoms with Crippen LogP contribution in [0, 0.1) is 6.92 Å². The molecule has 0 spiro atoms. The molecule has 0 aliphatic rings. The highest BCUT2D eigenvalue weighted by molar-refractivity contribution is 6.19. The van der Waals surface area contributed by atoms with Crippen molar-refractivity contribution in [1.29, 1.82) is 0 Å². The van der Waals surface area contributed by atoms with E-state index >= 15 is 0 Å². The molecule has 0 heterocycles. The van der Waals surface area contributed by atoms with Crippen molar-refractivity contribution in [2.75, 3.05) is 0 Å². The lowest BCUT2D eigenvalue weighted by Gasteiger charge is -2.17. The summed E-state index contributed by atoms with van der Waals surface area (Å²) in [6.07, 6.45) is 6.32. The lowest BCUT2D eigenvalue weighted by molar-refractivity contribution is 0.104. The molecule has 58 heavy (non-hydrogen) atoms. The average molecular weight is 763 g/mol. The van der Waals surface area contributed by atoms with Crippen LogP contribution in [0.15, 0.2) is 182 Å². The van der Waals surface area contributed by atoms with Gasteiger partial charge in [0.25, 0.3) is 0 Å². The summed E-state index contributed by atoms with van der Waals surface area (Å²) in [5.74, 6) is 1.05. The highest BCUT2D eigenvalue weighted by atomic mass is 16.5. The Labute approximate surface area is 339 Å². The van der Waals surface area contributed by atoms with Gasteiger partial charge in [0.15, 0.2) is 11.6 Å². The molecule has 0 fully saturated rings. The fraction of sp³-hybridized carbons (Fsp3) is 0.0769. The molecule has 0 atom stereocenters. The first-order chi connectivity index (χ1) is 28.4. The van der Waals surface area contributed by atoms with Crippen LogP contribution in [-0.2, 0) is 19.8 Å². The molecule has 1 N–H and O–H groups in total. The van der Waals surface area contributed by atoms with Crippen LogP contribution < -0.4 is 14.2 Å². The number of ketones is 2. The fourth-order valence-electron chi connectivity index (χ4n) is 6.46. The number of allylic oxidation sites excluding steroid dienone is 2. The van der Waals surface area contributed by atoms with Gasteiger partial charge in [-0.25, -0.2) is 0 Å². The second kappa shape index (κ2) is 18.9. The molecule has 7 aromatic rings. The van der Waals surface area contributed by atoms with E-state index in [1.165, 1.54) is 18.2 Å². The van der Waals surface area contributed by atoms with Crippen LogP contribution in [0.5, 0.6) is 23.0 Å². The number of benzene rings is 7. The Morgan fingerprint density at radius 1 is 0.483 bits per heavy atom. The SMILES string of the molecule is Cc1cc(O)c(C(=O)/C=C/c2ccc(OCc3ccccc3)cc2)c(-c2ccc(OCc3ccccc3)cc2)c1C(=O)/C=C/c1ccc(OCc2ccccc2)cc1. The van der Waals surface area contributed by atoms with Crippen LogP contribution >= 0.6 is 0 Å². The molecule has 286 valence electrons. The number of phenols is 1. The van der Waals surface area contributed by atoms with Crippen LogP contribution in [0.1, 0.15) is 54.1 Å². The first kappa shape index (κ1) is 38.8. The number of carbonyl (C=O) groups excluding carboxylic acids is 2. The van der Waals surface area contributed by atoms with Crippen LogP contribution in [0.4, 0.5) is 0 Å². The number of aromatic hydroxyl groups is 1. The van der Waals surface area contributed by atoms with E-state index in [2.05, 4.69) is 0 Å². The van der Waals surface area contributed by atoms with Crippen molar-refractivity contribution in [3.8, 4) is 34.1 Å². The molecule has 0 saturated heterocycles. The van der Waals surface area contributed by atoms with Crippen molar-refractivity contribution >= 4 is 23.7 Å². The topological polar surface area (TPSA) is 82.1 Å². The molecule has 0 saturated carbocycles. The third kappa shape index (κ3) is 10.2. The Balaban J connectivity index is 1.15. The third-order valence-corrected chi connectivity index (χ3v) is 9.50. The van der Waals surface area contributed by atoms with E-state index in [9.17, 15) is 14.7 Å². The summed E-state index contributed by atoms with van der Waals surface area (Å²) in [4.78, 5) is 28.3. The minimum Gasteiger partial charge on any atom is -0.507 e. The minimum absolute atomic E-state index is 0.0271. The predicted octanol–water partition coefficient (Wildman–Crippen LogP) is 11.9. The standard InChI is InChI=1S/C52H42O6/c1-37-33-49(55)52(48(54)32-22-39-19-27-45(28-20-39)57-35-41-13-7-3-8-14-41)51(43-23-29-46(30-24-43)58-36-42-15-9-4-10-16-42)50(37)47(53)31-21-38-17-25-44(26-18-38)56-34-40-11-5-2-6-12-40/h2-33,55H,34-36H2,1H3/b31-21+,32-22+. The van der Waals surface area contributed by atoms with Crippen LogP contribution in [0.2, 0.25) is 0 Å². The molecule has 0 aliphatic heterocycles. The van der Waals surface area contributed by atoms with Gasteiger partial charge in [-0.1, -0.05) is 140 Å². The van der Waals surface area contributed by atoms with Gasteiger partial charge in [-0.2, -0.15) is 0 Å². The zero-order valence-electron chi connectivity index (χ0n) is 32.1. The van der Waals surface area contributed by atoms with Crippen molar-refractivity contribution in [2.45, 2.75) is 26.7 Å². The number of ether oxygens (including phenoxy) is 3. The van der Waals surface area contributed by atoms with Gasteiger partial charge in [-0.05, 0) is 100 Å². The van der Waals surface area contributed by atoms with Gasteiger partial charge in [0.2, 0.25) is 0 Å². The van der Waals surface area contributed by atoms with Gasteiger partial charge in [0.05, 0.1) is 5.56 Å². The molecule has 0 bridgehead atoms. The molecule has 0 aromatic heterocycles. The molecular weight excluding hydrogens is 721 g/mol. The van der Waals surface area contributed by atoms with Gasteiger partial charge < -0.3 is 19.3 Å². The molecule has 7 rings (SSSR count). The Hall–Kier alpha value is -7.44. The number of rotatable bonds is 16. The van der Waals surface area contributed by atoms with E-state index in [1.54, 1.807) is 43.3 Å². The highest BCUT2D eigenvalue weighted by Crippen LogP contribution is 2.38. The first-order valence-corrected chi connectivity index (χ1v) is 19.0. The molecule has 0 aliphatic carbocycles. The summed E-state index contributed by atoms with van der Waals surface area (Å²) < 4.78 is 17.9. The van der Waals surface area contributed by atoms with E-state index in [0.717, 1.165) is 27.8 Å². The fourth-order valence-corrected chi connectivity index (χ4v) is 6.46. The molecule has 0 radical (unpaired) electrons. The van der Waals surface area contributed by atoms with Crippen molar-refractivity contribution in [3.63, 3.8) is 0 Å². The van der Waals surface area contributed by atoms with Crippen molar-refractivity contribution in [1.82, 2.24) is 0 Å². The lowest BCUT2D eigenvalue weighted by Crippen LogP contribution is -2.08. The van der Waals surface area contributed by atoms with Gasteiger partial charge in [0.1, 0.15) is 42.8 Å². The molecule has 6 nitrogen and oxygen atoms in total. The first-order valence-electron chi connectivity index (χ1n) is 19.0. The van der Waals surface area contributed by atoms with Crippen LogP contribution in [0.25, 0.3) is 23.3 Å². The summed E-state index contributed by atoms with van der Waals surface area (Å²) in [5, 5.41) is 11.4. The van der Waals surface area contributed by atoms with E-state index in [1.807, 2.05) is 140 Å². The van der Waals surface area contributed by atoms with E-state index in [-0.39, 0.29) is 17.1 Å². The maximum Gasteiger partial charge on any atom is 0.190 e. The number of hydrogen-bond donors (Lipinski definition) is 1. The molecule has 6 heteroatoms. The summed E-state index contributed by atoms with van der Waals surface area (Å²) in [6.45, 7) is 3.03. The Bertz CT molecular complexity index is 2370. The summed E-state index contributed by atoms with van der Waals surface area (Å²) in [5.41, 5.74) is 6.52. The number of phenolic OH excluding ortho intramolecular Hbond substituents is 1. The van der Waals surface area contributed by atoms with E-state index in [4.69, 9.17) is 14.2 Å². The lowest BCUT2D eigenvalue weighted by atomic mass is 9.86. The second-order valence-electron chi connectivity index (χ2n) is 13.7. The highest BCUT2D eigenvalue weighted by Gasteiger charge is 2.25. The minimum atomic E-state index is -0.453. The van der Waals surface area contributed by atoms with Gasteiger partial charge in [0, 0.05) is 11.1 Å². The van der Waals surface area contributed by atoms with Crippen molar-refractivity contribution in [3.05, 3.63) is 227 Å². The Morgan fingerprint density at radius 3 is 1.24 bits per heavy atom. The monoisotopic (exact) mass is 762 g/mol. The predicted molar refractivity (Wildman–Crippen MR) is 230 cm³/mol. The van der Waals surface area contributed by atoms with Gasteiger partial charge in [-0.15, -0.1) is 0 Å². The molecule has 0 amide bonds. The number of hydrogen-bond acceptors (Lipinski definition) is 6. The number of aryl methyl sites for hydroxylation is 1. The van der Waals surface area contributed by atoms with Crippen molar-refractivity contribution in [2.24, 2.45) is 0 Å². The second-order valence-corrected chi connectivity index (χ2v) is 13.7. The zero-order valence-corrected chi connectivity index (χ0v) is 32.1. The van der Waals surface area contributed by atoms with Gasteiger partial charge in [-0.3, -0.25) is 9.59 Å². The Kier molecular flexibility index (Phi) is 12.7. The van der Waals surface area contributed by atoms with E-state index in [0.29, 0.717) is 59.3 Å². The maximum atomic E-state index is 14.2. The number of carbonyl (C=O) groups is 2. The smallest absolute Gasteiger partial charge is 0.190 e. The maximum absolute atomic E-state index is 14.2. The van der Waals surface area contributed by atoms with Crippen LogP contribution in [-0.4, -0.2) is 16.7 Å². The van der Waals surface area contributed by atoms with E-state index < -0.39 is 5.78 Å². The largest absolute Gasteiger partial charge is 0.507 e. The normalized spacial score (nSPS) is 11.1. The van der Waals surface area contributed by atoms with Crippen LogP contribution in [0.3, 0.4) is 0 Å². The van der Waals surface area contributed by atoms with Gasteiger partial charge >= 0.3 is 0 Å². The summed E-state index contributed by atoms with van der Waals surface area (Å²) in [7, 11) is 0.